The monoisotopic (exact) mass is 595 g/mol. The number of hydrogen-bond acceptors (Lipinski definition) is 7. The zero-order valence-electron chi connectivity index (χ0n) is 25.8. The number of aromatic amines is 2. The van der Waals surface area contributed by atoms with Gasteiger partial charge in [0.1, 0.15) is 28.8 Å². The highest BCUT2D eigenvalue weighted by Gasteiger charge is 2.43. The second-order valence-corrected chi connectivity index (χ2v) is 14.1. The van der Waals surface area contributed by atoms with Gasteiger partial charge in [-0.2, -0.15) is 0 Å². The first-order chi connectivity index (χ1) is 21.2. The number of fused-ring (bicyclic) bond motifs is 4. The summed E-state index contributed by atoms with van der Waals surface area (Å²) in [7, 11) is 0. The molecular formula is C34H41N7O3. The van der Waals surface area contributed by atoms with Gasteiger partial charge in [-0.3, -0.25) is 4.90 Å². The predicted octanol–water partition coefficient (Wildman–Crippen LogP) is 6.26. The van der Waals surface area contributed by atoms with Gasteiger partial charge in [0.15, 0.2) is 0 Å². The van der Waals surface area contributed by atoms with E-state index in [-0.39, 0.29) is 17.6 Å². The maximum atomic E-state index is 12.9. The lowest BCUT2D eigenvalue weighted by Gasteiger charge is -2.35. The molecule has 0 saturated carbocycles. The highest BCUT2D eigenvalue weighted by atomic mass is 16.6. The fourth-order valence-corrected chi connectivity index (χ4v) is 7.56. The maximum Gasteiger partial charge on any atom is 0.410 e. The lowest BCUT2D eigenvalue weighted by molar-refractivity contribution is 0.0218. The van der Waals surface area contributed by atoms with Gasteiger partial charge in [-0.25, -0.2) is 14.8 Å². The number of rotatable bonds is 4. The molecule has 1 amide bonds. The number of aromatic nitrogens is 4. The molecule has 3 bridgehead atoms. The van der Waals surface area contributed by atoms with E-state index < -0.39 is 5.60 Å². The smallest absolute Gasteiger partial charge is 0.410 e. The van der Waals surface area contributed by atoms with Crippen LogP contribution in [-0.2, 0) is 4.74 Å². The Morgan fingerprint density at radius 2 is 1.91 bits per heavy atom. The average Bonchev–Trinajstić information content (AvgIpc) is 3.81. The van der Waals surface area contributed by atoms with Crippen LogP contribution in [0.4, 0.5) is 10.5 Å². The number of likely N-dealkylation sites (tertiary alicyclic amines) is 1. The molecule has 3 aromatic rings. The molecule has 10 heteroatoms. The molecule has 1 aromatic carbocycles. The van der Waals surface area contributed by atoms with Crippen LogP contribution in [0.2, 0.25) is 0 Å². The van der Waals surface area contributed by atoms with Gasteiger partial charge in [0.25, 0.3) is 0 Å². The summed E-state index contributed by atoms with van der Waals surface area (Å²) in [6.07, 6.45) is 14.3. The van der Waals surface area contributed by atoms with E-state index in [1.54, 1.807) is 4.90 Å². The van der Waals surface area contributed by atoms with E-state index in [4.69, 9.17) is 19.4 Å². The molecule has 1 aliphatic carbocycles. The van der Waals surface area contributed by atoms with Crippen LogP contribution in [0.5, 0.6) is 5.75 Å². The number of carbonyl (C=O) groups is 1. The summed E-state index contributed by atoms with van der Waals surface area (Å²) < 4.78 is 12.3. The first-order valence-electron chi connectivity index (χ1n) is 16.1. The van der Waals surface area contributed by atoms with Gasteiger partial charge in [-0.15, -0.1) is 0 Å². The Morgan fingerprint density at radius 3 is 2.75 bits per heavy atom. The van der Waals surface area contributed by atoms with Crippen molar-refractivity contribution in [1.82, 2.24) is 30.2 Å². The van der Waals surface area contributed by atoms with Gasteiger partial charge in [-0.1, -0.05) is 6.08 Å². The number of H-pyrrole nitrogens is 2. The summed E-state index contributed by atoms with van der Waals surface area (Å²) in [4.78, 5) is 33.7. The molecule has 1 spiro atoms. The standard InChI is InChI=1S/C34H41N7O3/c1-33(2,3)44-32(42)41-12-5-7-27(41)31-37-18-25(39-31)21-8-9-29-28(15-21)40-13-10-34(20-40)16-22(14-23(17-34)43-29)26-19-36-30(38-26)24-6-4-11-35-24/h8-9,14-16,18-19,24,27,35H,4-7,10-13,17,20H2,1-3H3,(H,36,38)(H,37,39)/t24-,27-,34?/m0/s1. The van der Waals surface area contributed by atoms with Crippen molar-refractivity contribution < 1.29 is 14.3 Å². The number of anilines is 1. The van der Waals surface area contributed by atoms with Gasteiger partial charge in [0.05, 0.1) is 41.6 Å². The molecule has 3 N–H and O–H groups in total. The number of nitrogens with zero attached hydrogens (tertiary/aromatic N) is 4. The molecule has 3 fully saturated rings. The molecule has 10 nitrogen and oxygen atoms in total. The Hall–Kier alpha value is -4.05. The zero-order valence-corrected chi connectivity index (χ0v) is 25.8. The second kappa shape index (κ2) is 10.3. The highest BCUT2D eigenvalue weighted by Crippen LogP contribution is 2.50. The minimum Gasteiger partial charge on any atom is -0.459 e. The third kappa shape index (κ3) is 4.99. The second-order valence-electron chi connectivity index (χ2n) is 14.1. The molecule has 3 atom stereocenters. The normalized spacial score (nSPS) is 26.1. The van der Waals surface area contributed by atoms with E-state index in [1.807, 2.05) is 33.2 Å². The van der Waals surface area contributed by atoms with E-state index in [0.29, 0.717) is 12.6 Å². The molecule has 8 rings (SSSR count). The van der Waals surface area contributed by atoms with Crippen LogP contribution in [0.1, 0.15) is 88.7 Å². The van der Waals surface area contributed by atoms with Crippen molar-refractivity contribution in [2.75, 3.05) is 31.1 Å². The van der Waals surface area contributed by atoms with Crippen LogP contribution in [-0.4, -0.2) is 62.7 Å². The quantitative estimate of drug-likeness (QED) is 0.327. The van der Waals surface area contributed by atoms with Crippen LogP contribution in [0, 0.1) is 5.41 Å². The lowest BCUT2D eigenvalue weighted by Crippen LogP contribution is -2.36. The van der Waals surface area contributed by atoms with Gasteiger partial charge < -0.3 is 29.7 Å². The first-order valence-corrected chi connectivity index (χ1v) is 16.1. The van der Waals surface area contributed by atoms with E-state index in [2.05, 4.69) is 50.5 Å². The fourth-order valence-electron chi connectivity index (χ4n) is 7.56. The topological polar surface area (TPSA) is 111 Å². The van der Waals surface area contributed by atoms with E-state index >= 15 is 0 Å². The number of allylic oxidation sites excluding steroid dienone is 3. The van der Waals surface area contributed by atoms with Gasteiger partial charge in [0.2, 0.25) is 0 Å². The van der Waals surface area contributed by atoms with Crippen molar-refractivity contribution in [2.45, 2.75) is 77.0 Å². The summed E-state index contributed by atoms with van der Waals surface area (Å²) in [5.41, 5.74) is 4.82. The van der Waals surface area contributed by atoms with Crippen molar-refractivity contribution >= 4 is 17.4 Å². The first kappa shape index (κ1) is 27.5. The number of benzene rings is 1. The van der Waals surface area contributed by atoms with Crippen LogP contribution in [0.3, 0.4) is 0 Å². The Labute approximate surface area is 257 Å². The third-order valence-corrected chi connectivity index (χ3v) is 9.63. The van der Waals surface area contributed by atoms with Crippen molar-refractivity contribution in [3.05, 3.63) is 65.8 Å². The van der Waals surface area contributed by atoms with Crippen LogP contribution in [0.25, 0.3) is 16.8 Å². The van der Waals surface area contributed by atoms with Crippen LogP contribution >= 0.6 is 0 Å². The zero-order chi connectivity index (χ0) is 30.1. The number of hydrogen-bond donors (Lipinski definition) is 3. The number of carbonyl (C=O) groups excluding carboxylic acids is 1. The number of nitrogens with one attached hydrogen (secondary N) is 3. The van der Waals surface area contributed by atoms with Crippen molar-refractivity contribution in [1.29, 1.82) is 0 Å². The molecule has 0 radical (unpaired) electrons. The van der Waals surface area contributed by atoms with E-state index in [9.17, 15) is 4.79 Å². The van der Waals surface area contributed by atoms with Crippen molar-refractivity contribution in [3.63, 3.8) is 0 Å². The summed E-state index contributed by atoms with van der Waals surface area (Å²) in [6, 6.07) is 6.59. The molecule has 2 aromatic heterocycles. The summed E-state index contributed by atoms with van der Waals surface area (Å²) in [5, 5.41) is 3.54. The summed E-state index contributed by atoms with van der Waals surface area (Å²) in [6.45, 7) is 9.34. The van der Waals surface area contributed by atoms with Gasteiger partial charge >= 0.3 is 6.09 Å². The average molecular weight is 596 g/mol. The number of imidazole rings is 2. The minimum absolute atomic E-state index is 0.0265. The largest absolute Gasteiger partial charge is 0.459 e. The maximum absolute atomic E-state index is 12.9. The molecule has 6 heterocycles. The van der Waals surface area contributed by atoms with Crippen LogP contribution in [0.15, 0.2) is 48.5 Å². The third-order valence-electron chi connectivity index (χ3n) is 9.63. The summed E-state index contributed by atoms with van der Waals surface area (Å²) in [5.74, 6) is 3.71. The Morgan fingerprint density at radius 1 is 1.07 bits per heavy atom. The molecule has 5 aliphatic rings. The van der Waals surface area contributed by atoms with Crippen molar-refractivity contribution in [3.8, 4) is 17.0 Å². The lowest BCUT2D eigenvalue weighted by atomic mass is 9.77. The van der Waals surface area contributed by atoms with Gasteiger partial charge in [0, 0.05) is 37.0 Å². The molecular weight excluding hydrogens is 554 g/mol. The highest BCUT2D eigenvalue weighted by molar-refractivity contribution is 5.77. The Bertz CT molecular complexity index is 1660. The van der Waals surface area contributed by atoms with E-state index in [1.165, 1.54) is 12.0 Å². The molecule has 1 unspecified atom stereocenters. The predicted molar refractivity (Wildman–Crippen MR) is 168 cm³/mol. The summed E-state index contributed by atoms with van der Waals surface area (Å²) >= 11 is 0. The Kier molecular flexibility index (Phi) is 6.41. The SMILES string of the molecule is CC(C)(C)OC(=O)N1CCC[C@H]1c1ncc(-c2ccc3c(c2)N2CCC4(C=C(c5cnc([C@@H]6CCCN6)[nH]5)C=C(C4)O3)C2)[nH]1. The fraction of sp³-hybridized carbons (Fsp3) is 0.500. The van der Waals surface area contributed by atoms with Crippen LogP contribution < -0.4 is 15.0 Å². The minimum atomic E-state index is -0.531. The van der Waals surface area contributed by atoms with E-state index in [0.717, 1.165) is 97.5 Å². The number of amides is 1. The molecule has 44 heavy (non-hydrogen) atoms. The molecule has 230 valence electrons. The van der Waals surface area contributed by atoms with Crippen molar-refractivity contribution in [2.24, 2.45) is 5.41 Å². The number of ether oxygens (including phenoxy) is 2. The van der Waals surface area contributed by atoms with Gasteiger partial charge in [-0.05, 0) is 89.3 Å². The Balaban J connectivity index is 1.05. The molecule has 3 saturated heterocycles. The molecule has 4 aliphatic heterocycles.